The Hall–Kier alpha value is -2.18. The van der Waals surface area contributed by atoms with E-state index in [0.29, 0.717) is 18.8 Å². The fourth-order valence-corrected chi connectivity index (χ4v) is 5.68. The minimum atomic E-state index is -0.562. The van der Waals surface area contributed by atoms with E-state index in [9.17, 15) is 9.90 Å². The second kappa shape index (κ2) is 8.40. The van der Waals surface area contributed by atoms with Crippen LogP contribution < -0.4 is 5.32 Å². The molecule has 3 aliphatic rings. The van der Waals surface area contributed by atoms with Crippen molar-refractivity contribution >= 4 is 5.91 Å². The largest absolute Gasteiger partial charge is 0.389 e. The Labute approximate surface area is 184 Å². The summed E-state index contributed by atoms with van der Waals surface area (Å²) in [4.78, 5) is 15.4. The quantitative estimate of drug-likeness (QED) is 0.795. The molecule has 1 fully saturated rings. The highest BCUT2D eigenvalue weighted by atomic mass is 16.3. The molecule has 0 unspecified atom stereocenters. The van der Waals surface area contributed by atoms with Crippen LogP contribution in [0.25, 0.3) is 0 Å². The van der Waals surface area contributed by atoms with Crippen LogP contribution in [-0.2, 0) is 32.9 Å². The van der Waals surface area contributed by atoms with Crippen molar-refractivity contribution in [2.45, 2.75) is 76.0 Å². The molecule has 31 heavy (non-hydrogen) atoms. The van der Waals surface area contributed by atoms with Crippen LogP contribution in [0.4, 0.5) is 0 Å². The number of aromatic nitrogens is 2. The summed E-state index contributed by atoms with van der Waals surface area (Å²) >= 11 is 0. The molecule has 166 valence electrons. The van der Waals surface area contributed by atoms with Gasteiger partial charge in [0.1, 0.15) is 0 Å². The second-order valence-electron chi connectivity index (χ2n) is 9.75. The summed E-state index contributed by atoms with van der Waals surface area (Å²) in [5.74, 6) is 0.0536. The van der Waals surface area contributed by atoms with E-state index in [1.807, 2.05) is 22.7 Å². The molecule has 0 radical (unpaired) electrons. The SMILES string of the molecule is Cn1nc(C(=O)N2CCc3ccccc3C2)c2c1CC[C@H](NCC1(O)CCCCC1)C2. The van der Waals surface area contributed by atoms with E-state index in [-0.39, 0.29) is 11.9 Å². The first-order valence-electron chi connectivity index (χ1n) is 11.9. The Morgan fingerprint density at radius 3 is 2.77 bits per heavy atom. The highest BCUT2D eigenvalue weighted by Crippen LogP contribution is 2.30. The fraction of sp³-hybridized carbons (Fsp3) is 0.600. The highest BCUT2D eigenvalue weighted by molar-refractivity contribution is 5.94. The zero-order valence-corrected chi connectivity index (χ0v) is 18.6. The smallest absolute Gasteiger partial charge is 0.274 e. The molecule has 0 saturated heterocycles. The molecule has 1 saturated carbocycles. The van der Waals surface area contributed by atoms with Crippen LogP contribution in [0.1, 0.15) is 71.4 Å². The number of rotatable bonds is 4. The minimum absolute atomic E-state index is 0.0536. The predicted octanol–water partition coefficient (Wildman–Crippen LogP) is 2.76. The van der Waals surface area contributed by atoms with Crippen molar-refractivity contribution in [1.29, 1.82) is 0 Å². The number of carbonyl (C=O) groups is 1. The molecule has 2 N–H and O–H groups in total. The zero-order chi connectivity index (χ0) is 21.4. The lowest BCUT2D eigenvalue weighted by molar-refractivity contribution is 0.00227. The van der Waals surface area contributed by atoms with E-state index >= 15 is 0 Å². The number of benzene rings is 1. The van der Waals surface area contributed by atoms with Gasteiger partial charge in [-0.05, 0) is 49.7 Å². The van der Waals surface area contributed by atoms with E-state index < -0.39 is 5.60 Å². The zero-order valence-electron chi connectivity index (χ0n) is 18.6. The maximum Gasteiger partial charge on any atom is 0.274 e. The van der Waals surface area contributed by atoms with Gasteiger partial charge in [0.05, 0.1) is 5.60 Å². The van der Waals surface area contributed by atoms with Crippen LogP contribution in [-0.4, -0.2) is 50.4 Å². The Morgan fingerprint density at radius 1 is 1.19 bits per heavy atom. The van der Waals surface area contributed by atoms with E-state index in [0.717, 1.165) is 63.5 Å². The van der Waals surface area contributed by atoms with Crippen molar-refractivity contribution < 1.29 is 9.90 Å². The lowest BCUT2D eigenvalue weighted by Gasteiger charge is -2.35. The minimum Gasteiger partial charge on any atom is -0.389 e. The van der Waals surface area contributed by atoms with E-state index in [1.165, 1.54) is 23.2 Å². The van der Waals surface area contributed by atoms with Gasteiger partial charge in [0, 0.05) is 44.0 Å². The maximum atomic E-state index is 13.4. The van der Waals surface area contributed by atoms with Crippen LogP contribution >= 0.6 is 0 Å². The number of hydrogen-bond donors (Lipinski definition) is 2. The van der Waals surface area contributed by atoms with Gasteiger partial charge < -0.3 is 15.3 Å². The average molecular weight is 423 g/mol. The first kappa shape index (κ1) is 20.7. The van der Waals surface area contributed by atoms with E-state index in [4.69, 9.17) is 0 Å². The first-order chi connectivity index (χ1) is 15.0. The molecule has 1 amide bonds. The summed E-state index contributed by atoms with van der Waals surface area (Å²) in [7, 11) is 1.96. The number of fused-ring (bicyclic) bond motifs is 2. The Morgan fingerprint density at radius 2 is 1.97 bits per heavy atom. The monoisotopic (exact) mass is 422 g/mol. The van der Waals surface area contributed by atoms with Crippen molar-refractivity contribution in [3.05, 3.63) is 52.3 Å². The van der Waals surface area contributed by atoms with Crippen molar-refractivity contribution in [2.75, 3.05) is 13.1 Å². The van der Waals surface area contributed by atoms with Gasteiger partial charge >= 0.3 is 0 Å². The van der Waals surface area contributed by atoms with Crippen LogP contribution in [0.3, 0.4) is 0 Å². The van der Waals surface area contributed by atoms with Gasteiger partial charge in [-0.15, -0.1) is 0 Å². The topological polar surface area (TPSA) is 70.4 Å². The highest BCUT2D eigenvalue weighted by Gasteiger charge is 2.34. The standard InChI is InChI=1S/C25H34N4O2/c1-28-22-10-9-20(26-17-25(31)12-5-2-6-13-25)15-21(22)23(27-28)24(30)29-14-11-18-7-3-4-8-19(18)16-29/h3-4,7-8,20,26,31H,2,5-6,9-17H2,1H3/t20-/m0/s1. The molecule has 1 aromatic carbocycles. The van der Waals surface area contributed by atoms with Crippen LogP contribution in [0.5, 0.6) is 0 Å². The van der Waals surface area contributed by atoms with Gasteiger partial charge in [0.15, 0.2) is 5.69 Å². The van der Waals surface area contributed by atoms with Crippen LogP contribution in [0.2, 0.25) is 0 Å². The summed E-state index contributed by atoms with van der Waals surface area (Å²) in [6, 6.07) is 8.69. The summed E-state index contributed by atoms with van der Waals surface area (Å²) in [5.41, 5.74) is 4.94. The Kier molecular flexibility index (Phi) is 5.61. The lowest BCUT2D eigenvalue weighted by Crippen LogP contribution is -2.47. The molecule has 2 heterocycles. The number of nitrogens with zero attached hydrogens (tertiary/aromatic N) is 3. The van der Waals surface area contributed by atoms with Crippen LogP contribution in [0.15, 0.2) is 24.3 Å². The molecular weight excluding hydrogens is 388 g/mol. The molecule has 5 rings (SSSR count). The molecule has 1 aliphatic heterocycles. The van der Waals surface area contributed by atoms with Gasteiger partial charge in [-0.3, -0.25) is 9.48 Å². The molecule has 2 aliphatic carbocycles. The van der Waals surface area contributed by atoms with Gasteiger partial charge in [0.2, 0.25) is 0 Å². The maximum absolute atomic E-state index is 13.4. The summed E-state index contributed by atoms with van der Waals surface area (Å²) < 4.78 is 1.91. The third kappa shape index (κ3) is 4.15. The van der Waals surface area contributed by atoms with Crippen molar-refractivity contribution in [2.24, 2.45) is 7.05 Å². The molecule has 6 nitrogen and oxygen atoms in total. The van der Waals surface area contributed by atoms with E-state index in [1.54, 1.807) is 0 Å². The third-order valence-electron chi connectivity index (χ3n) is 7.58. The Balaban J connectivity index is 1.29. The second-order valence-corrected chi connectivity index (χ2v) is 9.75. The lowest BCUT2D eigenvalue weighted by atomic mass is 9.84. The Bertz CT molecular complexity index is 960. The van der Waals surface area contributed by atoms with Gasteiger partial charge in [-0.25, -0.2) is 0 Å². The third-order valence-corrected chi connectivity index (χ3v) is 7.58. The van der Waals surface area contributed by atoms with Gasteiger partial charge in [0.25, 0.3) is 5.91 Å². The average Bonchev–Trinajstić information content (AvgIpc) is 3.13. The molecular formula is C25H34N4O2. The molecule has 2 aromatic rings. The van der Waals surface area contributed by atoms with Crippen LogP contribution in [0, 0.1) is 0 Å². The number of nitrogens with one attached hydrogen (secondary N) is 1. The van der Waals surface area contributed by atoms with Gasteiger partial charge in [-0.1, -0.05) is 43.5 Å². The number of carbonyl (C=O) groups excluding carboxylic acids is 1. The number of aliphatic hydroxyl groups is 1. The molecule has 6 heteroatoms. The number of amides is 1. The van der Waals surface area contributed by atoms with E-state index in [2.05, 4.69) is 28.6 Å². The number of aryl methyl sites for hydroxylation is 1. The summed E-state index contributed by atoms with van der Waals surface area (Å²) in [5, 5.41) is 19.2. The summed E-state index contributed by atoms with van der Waals surface area (Å²) in [6.45, 7) is 2.06. The molecule has 1 aromatic heterocycles. The van der Waals surface area contributed by atoms with Crippen molar-refractivity contribution in [3.63, 3.8) is 0 Å². The number of hydrogen-bond acceptors (Lipinski definition) is 4. The van der Waals surface area contributed by atoms with Crippen molar-refractivity contribution in [1.82, 2.24) is 20.0 Å². The summed E-state index contributed by atoms with van der Waals surface area (Å²) in [6.07, 6.45) is 8.91. The predicted molar refractivity (Wildman–Crippen MR) is 120 cm³/mol. The molecule has 1 atom stereocenters. The van der Waals surface area contributed by atoms with Gasteiger partial charge in [-0.2, -0.15) is 5.10 Å². The van der Waals surface area contributed by atoms with Crippen molar-refractivity contribution in [3.8, 4) is 0 Å². The fourth-order valence-electron chi connectivity index (χ4n) is 5.68. The molecule has 0 bridgehead atoms. The molecule has 0 spiro atoms. The normalized spacial score (nSPS) is 22.6. The first-order valence-corrected chi connectivity index (χ1v) is 11.9.